The number of fused-ring (bicyclic) bond motifs is 1. The van der Waals surface area contributed by atoms with Crippen LogP contribution in [-0.4, -0.2) is 34.7 Å². The molecule has 136 valence electrons. The van der Waals surface area contributed by atoms with Gasteiger partial charge in [0.05, 0.1) is 11.4 Å². The van der Waals surface area contributed by atoms with Crippen molar-refractivity contribution < 1.29 is 14.4 Å². The molecule has 2 heterocycles. The molecule has 1 saturated heterocycles. The number of hydrogen-bond donors (Lipinski definition) is 1. The van der Waals surface area contributed by atoms with Gasteiger partial charge in [0, 0.05) is 4.70 Å². The highest BCUT2D eigenvalue weighted by molar-refractivity contribution is 7.21. The zero-order chi connectivity index (χ0) is 18.5. The van der Waals surface area contributed by atoms with Crippen molar-refractivity contribution in [3.05, 3.63) is 34.7 Å². The summed E-state index contributed by atoms with van der Waals surface area (Å²) in [6.45, 7) is 3.90. The lowest BCUT2D eigenvalue weighted by Gasteiger charge is -2.33. The molecule has 2 aromatic rings. The predicted octanol–water partition coefficient (Wildman–Crippen LogP) is 3.89. The van der Waals surface area contributed by atoms with E-state index in [1.54, 1.807) is 0 Å². The number of Topliss-reactive ketones (excluding diaryl/α,β-unsaturated/α-hetero) is 1. The van der Waals surface area contributed by atoms with Crippen LogP contribution in [0, 0.1) is 12.8 Å². The van der Waals surface area contributed by atoms with Crippen LogP contribution >= 0.6 is 11.3 Å². The molecule has 6 heteroatoms. The Morgan fingerprint density at radius 2 is 1.96 bits per heavy atom. The molecular formula is C20H22N2O3S. The van der Waals surface area contributed by atoms with E-state index in [1.165, 1.54) is 11.3 Å². The number of carbonyl (C=O) groups is 3. The Kier molecular flexibility index (Phi) is 4.10. The minimum atomic E-state index is -0.793. The van der Waals surface area contributed by atoms with E-state index in [4.69, 9.17) is 0 Å². The second-order valence-corrected chi connectivity index (χ2v) is 8.61. The Hall–Kier alpha value is -2.21. The largest absolute Gasteiger partial charge is 0.325 e. The normalized spacial score (nSPS) is 25.9. The number of nitrogens with zero attached hydrogens (tertiary/aromatic N) is 1. The van der Waals surface area contributed by atoms with Crippen molar-refractivity contribution in [3.8, 4) is 0 Å². The zero-order valence-corrected chi connectivity index (χ0v) is 15.8. The molecule has 1 aromatic carbocycles. The van der Waals surface area contributed by atoms with Gasteiger partial charge in [-0.25, -0.2) is 4.79 Å². The van der Waals surface area contributed by atoms with Crippen molar-refractivity contribution in [3.63, 3.8) is 0 Å². The second-order valence-electron chi connectivity index (χ2n) is 7.56. The van der Waals surface area contributed by atoms with Crippen LogP contribution in [0.1, 0.15) is 47.8 Å². The average Bonchev–Trinajstić information content (AvgIpc) is 3.08. The molecule has 0 unspecified atom stereocenters. The van der Waals surface area contributed by atoms with E-state index in [1.807, 2.05) is 31.2 Å². The summed E-state index contributed by atoms with van der Waals surface area (Å²) in [4.78, 5) is 39.9. The van der Waals surface area contributed by atoms with E-state index in [0.29, 0.717) is 23.6 Å². The Morgan fingerprint density at radius 3 is 2.65 bits per heavy atom. The van der Waals surface area contributed by atoms with Crippen LogP contribution < -0.4 is 5.32 Å². The van der Waals surface area contributed by atoms with Gasteiger partial charge in [0.15, 0.2) is 5.78 Å². The highest BCUT2D eigenvalue weighted by Crippen LogP contribution is 2.37. The number of benzene rings is 1. The van der Waals surface area contributed by atoms with Crippen LogP contribution in [0.25, 0.3) is 10.1 Å². The van der Waals surface area contributed by atoms with E-state index in [2.05, 4.69) is 12.2 Å². The van der Waals surface area contributed by atoms with Crippen LogP contribution in [0.5, 0.6) is 0 Å². The molecule has 26 heavy (non-hydrogen) atoms. The van der Waals surface area contributed by atoms with Gasteiger partial charge in [0.25, 0.3) is 5.91 Å². The highest BCUT2D eigenvalue weighted by atomic mass is 32.1. The fourth-order valence-corrected chi connectivity index (χ4v) is 5.21. The molecule has 0 radical (unpaired) electrons. The molecule has 1 N–H and O–H groups in total. The van der Waals surface area contributed by atoms with Gasteiger partial charge in [-0.2, -0.15) is 0 Å². The van der Waals surface area contributed by atoms with Crippen molar-refractivity contribution in [1.82, 2.24) is 10.2 Å². The third-order valence-electron chi connectivity index (χ3n) is 5.77. The minimum absolute atomic E-state index is 0.173. The maximum absolute atomic E-state index is 12.9. The van der Waals surface area contributed by atoms with E-state index in [0.717, 1.165) is 33.4 Å². The third-order valence-corrected chi connectivity index (χ3v) is 7.09. The standard InChI is InChI=1S/C20H22N2O3S/c1-12-7-9-20(10-8-12)18(24)22(19(25)21-20)11-15(23)17-13(2)14-5-3-4-6-16(14)26-17/h3-6,12H,7-11H2,1-2H3,(H,21,25). The molecule has 1 spiro atoms. The summed E-state index contributed by atoms with van der Waals surface area (Å²) in [6.07, 6.45) is 3.16. The summed E-state index contributed by atoms with van der Waals surface area (Å²) >= 11 is 1.43. The lowest BCUT2D eigenvalue weighted by molar-refractivity contribution is -0.132. The summed E-state index contributed by atoms with van der Waals surface area (Å²) in [5.41, 5.74) is 0.128. The molecule has 1 aromatic heterocycles. The molecule has 2 aliphatic rings. The van der Waals surface area contributed by atoms with Crippen LogP contribution in [0.2, 0.25) is 0 Å². The molecular weight excluding hydrogens is 348 g/mol. The first kappa shape index (κ1) is 17.2. The quantitative estimate of drug-likeness (QED) is 0.658. The number of ketones is 1. The van der Waals surface area contributed by atoms with Gasteiger partial charge in [0.2, 0.25) is 0 Å². The van der Waals surface area contributed by atoms with Crippen molar-refractivity contribution in [1.29, 1.82) is 0 Å². The number of imide groups is 1. The fourth-order valence-electron chi connectivity index (χ4n) is 4.07. The summed E-state index contributed by atoms with van der Waals surface area (Å²) in [7, 11) is 0. The molecule has 1 saturated carbocycles. The molecule has 4 rings (SSSR count). The maximum atomic E-state index is 12.9. The number of carbonyl (C=O) groups excluding carboxylic acids is 3. The van der Waals surface area contributed by atoms with E-state index < -0.39 is 11.6 Å². The Bertz CT molecular complexity index is 909. The molecule has 1 aliphatic heterocycles. The van der Waals surface area contributed by atoms with Crippen molar-refractivity contribution in [2.75, 3.05) is 6.54 Å². The fraction of sp³-hybridized carbons (Fsp3) is 0.450. The van der Waals surface area contributed by atoms with Crippen LogP contribution in [0.15, 0.2) is 24.3 Å². The average molecular weight is 370 g/mol. The smallest absolute Gasteiger partial charge is 0.323 e. The molecule has 1 aliphatic carbocycles. The summed E-state index contributed by atoms with van der Waals surface area (Å²) < 4.78 is 1.04. The summed E-state index contributed by atoms with van der Waals surface area (Å²) in [5.74, 6) is 0.164. The topological polar surface area (TPSA) is 66.5 Å². The monoisotopic (exact) mass is 370 g/mol. The van der Waals surface area contributed by atoms with Gasteiger partial charge < -0.3 is 5.32 Å². The number of urea groups is 1. The first-order valence-electron chi connectivity index (χ1n) is 9.07. The minimum Gasteiger partial charge on any atom is -0.323 e. The van der Waals surface area contributed by atoms with Crippen LogP contribution in [-0.2, 0) is 4.79 Å². The van der Waals surface area contributed by atoms with E-state index in [-0.39, 0.29) is 18.2 Å². The summed E-state index contributed by atoms with van der Waals surface area (Å²) in [5, 5.41) is 3.93. The van der Waals surface area contributed by atoms with E-state index >= 15 is 0 Å². The van der Waals surface area contributed by atoms with Gasteiger partial charge >= 0.3 is 6.03 Å². The lowest BCUT2D eigenvalue weighted by atomic mass is 9.77. The van der Waals surface area contributed by atoms with Gasteiger partial charge in [-0.3, -0.25) is 14.5 Å². The van der Waals surface area contributed by atoms with Crippen molar-refractivity contribution >= 4 is 39.1 Å². The number of aryl methyl sites for hydroxylation is 1. The molecule has 0 bridgehead atoms. The second kappa shape index (κ2) is 6.20. The Morgan fingerprint density at radius 1 is 1.27 bits per heavy atom. The van der Waals surface area contributed by atoms with Gasteiger partial charge in [-0.1, -0.05) is 25.1 Å². The van der Waals surface area contributed by atoms with Gasteiger partial charge in [0.1, 0.15) is 5.54 Å². The molecule has 3 amide bonds. The predicted molar refractivity (Wildman–Crippen MR) is 102 cm³/mol. The number of nitrogens with one attached hydrogen (secondary N) is 1. The summed E-state index contributed by atoms with van der Waals surface area (Å²) in [6, 6.07) is 7.43. The van der Waals surface area contributed by atoms with Crippen molar-refractivity contribution in [2.24, 2.45) is 5.92 Å². The number of amides is 3. The number of hydrogen-bond acceptors (Lipinski definition) is 4. The SMILES string of the molecule is Cc1c(C(=O)CN2C(=O)NC3(CCC(C)CC3)C2=O)sc2ccccc12. The van der Waals surface area contributed by atoms with Gasteiger partial charge in [-0.15, -0.1) is 11.3 Å². The van der Waals surface area contributed by atoms with Crippen LogP contribution in [0.3, 0.4) is 0 Å². The third kappa shape index (κ3) is 2.63. The first-order valence-corrected chi connectivity index (χ1v) is 9.88. The number of thiophene rings is 1. The maximum Gasteiger partial charge on any atom is 0.325 e. The van der Waals surface area contributed by atoms with Gasteiger partial charge in [-0.05, 0) is 55.5 Å². The highest BCUT2D eigenvalue weighted by Gasteiger charge is 2.52. The van der Waals surface area contributed by atoms with Crippen molar-refractivity contribution in [2.45, 2.75) is 45.1 Å². The zero-order valence-electron chi connectivity index (χ0n) is 15.0. The van der Waals surface area contributed by atoms with Crippen LogP contribution in [0.4, 0.5) is 4.79 Å². The Labute approximate surface area is 156 Å². The van der Waals surface area contributed by atoms with E-state index in [9.17, 15) is 14.4 Å². The number of rotatable bonds is 3. The lowest BCUT2D eigenvalue weighted by Crippen LogP contribution is -2.49. The Balaban J connectivity index is 1.56. The first-order chi connectivity index (χ1) is 12.4. The molecule has 2 fully saturated rings. The molecule has 5 nitrogen and oxygen atoms in total. The molecule has 0 atom stereocenters.